The molecule has 0 aromatic heterocycles. The molecule has 28 heavy (non-hydrogen) atoms. The number of anilines is 1. The fraction of sp³-hybridized carbons (Fsp3) is 0.273. The number of methoxy groups -OCH3 is 1. The molecule has 0 saturated carbocycles. The number of hydrogen-bond acceptors (Lipinski definition) is 4. The van der Waals surface area contributed by atoms with Crippen molar-refractivity contribution in [1.29, 1.82) is 0 Å². The number of carbonyl (C=O) groups is 2. The molecule has 0 radical (unpaired) electrons. The molecule has 2 rings (SSSR count). The fourth-order valence-corrected chi connectivity index (χ4v) is 2.61. The third-order valence-electron chi connectivity index (χ3n) is 4.10. The molecular weight excluding hydrogens is 378 g/mol. The third kappa shape index (κ3) is 6.13. The number of carbonyl (C=O) groups excluding carboxylic acids is 2. The molecule has 2 aromatic rings. The van der Waals surface area contributed by atoms with Gasteiger partial charge in [0, 0.05) is 11.1 Å². The summed E-state index contributed by atoms with van der Waals surface area (Å²) in [4.78, 5) is 24.3. The number of halogens is 1. The van der Waals surface area contributed by atoms with E-state index in [1.54, 1.807) is 24.3 Å². The number of amides is 1. The number of esters is 1. The molecule has 0 aliphatic carbocycles. The summed E-state index contributed by atoms with van der Waals surface area (Å²) in [5.74, 6) is -0.182. The highest BCUT2D eigenvalue weighted by atomic mass is 35.5. The first-order valence-electron chi connectivity index (χ1n) is 8.93. The largest absolute Gasteiger partial charge is 0.495 e. The van der Waals surface area contributed by atoms with Crippen LogP contribution in [0.4, 0.5) is 5.69 Å². The Morgan fingerprint density at radius 1 is 1.07 bits per heavy atom. The Bertz CT molecular complexity index is 859. The van der Waals surface area contributed by atoms with Crippen LogP contribution >= 0.6 is 11.6 Å². The summed E-state index contributed by atoms with van der Waals surface area (Å²) in [7, 11) is 1.49. The lowest BCUT2D eigenvalue weighted by molar-refractivity contribution is -0.148. The van der Waals surface area contributed by atoms with Crippen molar-refractivity contribution < 1.29 is 19.1 Å². The average molecular weight is 402 g/mol. The minimum atomic E-state index is -0.982. The van der Waals surface area contributed by atoms with E-state index in [4.69, 9.17) is 21.1 Å². The van der Waals surface area contributed by atoms with E-state index in [1.807, 2.05) is 24.3 Å². The molecular formula is C22H24ClNO4. The van der Waals surface area contributed by atoms with Crippen LogP contribution in [-0.4, -0.2) is 25.1 Å². The number of hydrogen-bond donors (Lipinski definition) is 1. The van der Waals surface area contributed by atoms with E-state index < -0.39 is 18.0 Å². The molecule has 2 aromatic carbocycles. The van der Waals surface area contributed by atoms with Crippen molar-refractivity contribution in [1.82, 2.24) is 0 Å². The van der Waals surface area contributed by atoms with Gasteiger partial charge in [0.05, 0.1) is 12.8 Å². The molecule has 148 valence electrons. The second kappa shape index (κ2) is 9.95. The highest BCUT2D eigenvalue weighted by molar-refractivity contribution is 6.31. The quantitative estimate of drug-likeness (QED) is 0.520. The van der Waals surface area contributed by atoms with E-state index >= 15 is 0 Å². The van der Waals surface area contributed by atoms with Crippen LogP contribution in [0.2, 0.25) is 5.02 Å². The number of rotatable bonds is 7. The van der Waals surface area contributed by atoms with Gasteiger partial charge < -0.3 is 14.8 Å². The van der Waals surface area contributed by atoms with Gasteiger partial charge in [-0.15, -0.1) is 0 Å². The molecule has 0 saturated heterocycles. The van der Waals surface area contributed by atoms with E-state index in [1.165, 1.54) is 25.7 Å². The zero-order valence-electron chi connectivity index (χ0n) is 16.4. The van der Waals surface area contributed by atoms with Gasteiger partial charge in [-0.3, -0.25) is 4.79 Å². The van der Waals surface area contributed by atoms with Crippen molar-refractivity contribution in [2.45, 2.75) is 32.8 Å². The Kier molecular flexibility index (Phi) is 7.64. The van der Waals surface area contributed by atoms with Crippen LogP contribution in [0.5, 0.6) is 5.75 Å². The lowest BCUT2D eigenvalue weighted by Gasteiger charge is -2.14. The summed E-state index contributed by atoms with van der Waals surface area (Å²) >= 11 is 5.95. The van der Waals surface area contributed by atoms with Gasteiger partial charge in [-0.1, -0.05) is 49.7 Å². The molecule has 1 N–H and O–H groups in total. The van der Waals surface area contributed by atoms with Crippen LogP contribution in [0.15, 0.2) is 48.5 Å². The molecule has 0 unspecified atom stereocenters. The fourth-order valence-electron chi connectivity index (χ4n) is 2.44. The number of nitrogens with one attached hydrogen (secondary N) is 1. The molecule has 0 aliphatic rings. The first kappa shape index (κ1) is 21.5. The van der Waals surface area contributed by atoms with Gasteiger partial charge in [-0.05, 0) is 48.2 Å². The van der Waals surface area contributed by atoms with Gasteiger partial charge in [0.15, 0.2) is 6.10 Å². The first-order valence-corrected chi connectivity index (χ1v) is 9.31. The normalized spacial score (nSPS) is 12.1. The van der Waals surface area contributed by atoms with Gasteiger partial charge in [-0.2, -0.15) is 0 Å². The van der Waals surface area contributed by atoms with Crippen molar-refractivity contribution >= 4 is 35.2 Å². The lowest BCUT2D eigenvalue weighted by Crippen LogP contribution is -2.29. The summed E-state index contributed by atoms with van der Waals surface area (Å²) in [6.07, 6.45) is 1.97. The number of ether oxygens (including phenoxy) is 2. The second-order valence-corrected chi connectivity index (χ2v) is 7.00. The van der Waals surface area contributed by atoms with Gasteiger partial charge in [0.1, 0.15) is 5.75 Å². The monoisotopic (exact) mass is 401 g/mol. The molecule has 5 nitrogen and oxygen atoms in total. The first-order chi connectivity index (χ1) is 13.3. The third-order valence-corrected chi connectivity index (χ3v) is 4.33. The molecule has 6 heteroatoms. The number of benzene rings is 2. The van der Waals surface area contributed by atoms with E-state index in [0.29, 0.717) is 22.4 Å². The predicted molar refractivity (Wildman–Crippen MR) is 112 cm³/mol. The summed E-state index contributed by atoms with van der Waals surface area (Å²) < 4.78 is 10.3. The molecule has 0 heterocycles. The SMILES string of the molecule is COc1ccc(Cl)cc1NC(=O)[C@@H](C)OC(=O)/C=C/c1ccc(C(C)C)cc1. The summed E-state index contributed by atoms with van der Waals surface area (Å²) in [6.45, 7) is 5.73. The topological polar surface area (TPSA) is 64.6 Å². The van der Waals surface area contributed by atoms with E-state index in [0.717, 1.165) is 5.56 Å². The average Bonchev–Trinajstić information content (AvgIpc) is 2.66. The Morgan fingerprint density at radius 3 is 2.36 bits per heavy atom. The zero-order valence-corrected chi connectivity index (χ0v) is 17.1. The summed E-state index contributed by atoms with van der Waals surface area (Å²) in [5.41, 5.74) is 2.51. The molecule has 1 amide bonds. The minimum Gasteiger partial charge on any atom is -0.495 e. The highest BCUT2D eigenvalue weighted by Crippen LogP contribution is 2.27. The van der Waals surface area contributed by atoms with Crippen molar-refractivity contribution in [3.05, 3.63) is 64.7 Å². The molecule has 0 bridgehead atoms. The van der Waals surface area contributed by atoms with Crippen LogP contribution in [0, 0.1) is 0 Å². The van der Waals surface area contributed by atoms with Gasteiger partial charge >= 0.3 is 5.97 Å². The van der Waals surface area contributed by atoms with Crippen LogP contribution in [0.25, 0.3) is 6.08 Å². The smallest absolute Gasteiger partial charge is 0.331 e. The maximum Gasteiger partial charge on any atom is 0.331 e. The molecule has 0 spiro atoms. The van der Waals surface area contributed by atoms with Gasteiger partial charge in [0.25, 0.3) is 5.91 Å². The van der Waals surface area contributed by atoms with E-state index in [2.05, 4.69) is 19.2 Å². The van der Waals surface area contributed by atoms with Crippen molar-refractivity contribution in [3.8, 4) is 5.75 Å². The van der Waals surface area contributed by atoms with E-state index in [-0.39, 0.29) is 0 Å². The van der Waals surface area contributed by atoms with Crippen molar-refractivity contribution in [3.63, 3.8) is 0 Å². The van der Waals surface area contributed by atoms with Crippen molar-refractivity contribution in [2.75, 3.05) is 12.4 Å². The van der Waals surface area contributed by atoms with Crippen molar-refractivity contribution in [2.24, 2.45) is 0 Å². The Hall–Kier alpha value is -2.79. The summed E-state index contributed by atoms with van der Waals surface area (Å²) in [6, 6.07) is 12.8. The minimum absolute atomic E-state index is 0.406. The zero-order chi connectivity index (χ0) is 20.7. The second-order valence-electron chi connectivity index (χ2n) is 6.57. The highest BCUT2D eigenvalue weighted by Gasteiger charge is 2.18. The Morgan fingerprint density at radius 2 is 1.75 bits per heavy atom. The molecule has 0 fully saturated rings. The van der Waals surface area contributed by atoms with Crippen LogP contribution < -0.4 is 10.1 Å². The Labute approximate surface area is 170 Å². The summed E-state index contributed by atoms with van der Waals surface area (Å²) in [5, 5.41) is 3.10. The standard InChI is InChI=1S/C22H24ClNO4/c1-14(2)17-8-5-16(6-9-17)7-12-21(25)28-15(3)22(26)24-19-13-18(23)10-11-20(19)27-4/h5-15H,1-4H3,(H,24,26)/b12-7+/t15-/m1/s1. The van der Waals surface area contributed by atoms with Gasteiger partial charge in [0.2, 0.25) is 0 Å². The maximum absolute atomic E-state index is 12.3. The molecule has 0 aliphatic heterocycles. The van der Waals surface area contributed by atoms with E-state index in [9.17, 15) is 9.59 Å². The maximum atomic E-state index is 12.3. The Balaban J connectivity index is 1.94. The van der Waals surface area contributed by atoms with Crippen LogP contribution in [0.3, 0.4) is 0 Å². The van der Waals surface area contributed by atoms with Crippen LogP contribution in [0.1, 0.15) is 37.8 Å². The molecule has 1 atom stereocenters. The predicted octanol–water partition coefficient (Wildman–Crippen LogP) is 5.06. The lowest BCUT2D eigenvalue weighted by atomic mass is 10.0. The van der Waals surface area contributed by atoms with Gasteiger partial charge in [-0.25, -0.2) is 4.79 Å². The van der Waals surface area contributed by atoms with Crippen LogP contribution in [-0.2, 0) is 14.3 Å².